The number of hydrogen-bond acceptors (Lipinski definition) is 16. The third-order valence-corrected chi connectivity index (χ3v) is 13.2. The second kappa shape index (κ2) is 30.9. The summed E-state index contributed by atoms with van der Waals surface area (Å²) in [6.45, 7) is 16.1. The molecule has 9 aromatic rings. The Morgan fingerprint density at radius 3 is 1.42 bits per heavy atom. The lowest BCUT2D eigenvalue weighted by Gasteiger charge is -2.14. The number of rotatable bonds is 16. The number of nitrogen functional groups attached to an aromatic ring is 1. The van der Waals surface area contributed by atoms with Crippen LogP contribution in [0.25, 0.3) is 11.4 Å². The number of nitrogens with two attached hydrogens (primary N) is 1. The van der Waals surface area contributed by atoms with Gasteiger partial charge in [-0.05, 0) is 98.8 Å². The lowest BCUT2D eigenvalue weighted by molar-refractivity contribution is 0.0516. The zero-order chi connectivity index (χ0) is 66.0. The zero-order valence-electron chi connectivity index (χ0n) is 51.5. The van der Waals surface area contributed by atoms with Crippen LogP contribution in [0.4, 0.5) is 32.6 Å². The van der Waals surface area contributed by atoms with Crippen molar-refractivity contribution in [3.05, 3.63) is 208 Å². The molecule has 0 fully saturated rings. The molecule has 4 heterocycles. The first kappa shape index (κ1) is 67.7. The van der Waals surface area contributed by atoms with Crippen molar-refractivity contribution in [1.82, 2.24) is 40.2 Å². The van der Waals surface area contributed by atoms with Gasteiger partial charge in [-0.1, -0.05) is 95.1 Å². The summed E-state index contributed by atoms with van der Waals surface area (Å²) in [7, 11) is 3.05. The van der Waals surface area contributed by atoms with Gasteiger partial charge >= 0.3 is 24.1 Å². The topological polar surface area (TPSA) is 296 Å². The van der Waals surface area contributed by atoms with Gasteiger partial charge < -0.3 is 45.4 Å². The molecule has 7 N–H and O–H groups in total. The van der Waals surface area contributed by atoms with Gasteiger partial charge in [0, 0.05) is 73.7 Å². The molecule has 0 aliphatic rings. The molecule has 5 amide bonds. The Morgan fingerprint density at radius 2 is 0.967 bits per heavy atom. The van der Waals surface area contributed by atoms with E-state index >= 15 is 0 Å². The molecule has 25 heteroatoms. The number of urea groups is 1. The molecule has 0 radical (unpaired) electrons. The summed E-state index contributed by atoms with van der Waals surface area (Å²) in [4.78, 5) is 81.2. The van der Waals surface area contributed by atoms with E-state index in [0.29, 0.717) is 79.3 Å². The van der Waals surface area contributed by atoms with Crippen molar-refractivity contribution in [2.45, 2.75) is 66.2 Å². The number of aromatic nitrogens is 6. The van der Waals surface area contributed by atoms with Crippen molar-refractivity contribution in [3.8, 4) is 40.1 Å². The Morgan fingerprint density at radius 1 is 0.505 bits per heavy atom. The van der Waals surface area contributed by atoms with Crippen LogP contribution < -0.4 is 46.5 Å². The van der Waals surface area contributed by atoms with Gasteiger partial charge in [0.15, 0.2) is 0 Å². The molecule has 0 bridgehead atoms. The number of para-hydroxylation sites is 1. The first-order valence-electron chi connectivity index (χ1n) is 28.3. The third kappa shape index (κ3) is 19.1. The third-order valence-electron chi connectivity index (χ3n) is 12.6. The number of carbonyl (C=O) groups is 6. The van der Waals surface area contributed by atoms with Crippen molar-refractivity contribution in [2.24, 2.45) is 0 Å². The van der Waals surface area contributed by atoms with Gasteiger partial charge in [0.1, 0.15) is 51.8 Å². The molecule has 0 aliphatic carbocycles. The summed E-state index contributed by atoms with van der Waals surface area (Å²) in [6.07, 6.45) is 2.33. The second-order valence-corrected chi connectivity index (χ2v) is 22.4. The minimum absolute atomic E-state index is 0.206. The number of carbonyl (C=O) groups excluding carboxylic acids is 6. The molecule has 91 heavy (non-hydrogen) atoms. The molecular weight excluding hydrogens is 1210 g/mol. The van der Waals surface area contributed by atoms with E-state index in [9.17, 15) is 28.8 Å². The summed E-state index contributed by atoms with van der Waals surface area (Å²) in [5.74, 6) is 1.59. The van der Waals surface area contributed by atoms with E-state index in [4.69, 9.17) is 57.7 Å². The highest BCUT2D eigenvalue weighted by molar-refractivity contribution is 6.34. The average molecular weight is 1280 g/mol. The summed E-state index contributed by atoms with van der Waals surface area (Å²) in [5, 5.41) is 23.3. The van der Waals surface area contributed by atoms with Gasteiger partial charge in [-0.3, -0.25) is 30.2 Å². The first-order valence-corrected chi connectivity index (χ1v) is 29.1. The maximum Gasteiger partial charge on any atom is 0.418 e. The standard InChI is InChI=1S/C30H31ClN6O5.C23H25N3O4.C13H12ClN3O2/c1-6-41-28(39)18-8-7-9-19(14-18)37-26(17-25(36-37)30(2,3)4)35-29(40)34-23-11-10-20(15-22(23)31)42-21-12-13-33-24(16-21)27(38)32-5;1-5-29-21(27)16-10-9-11-17(14-16)26-20(15-19(25-26)23(2,3)4)24-22(28)30-18-12-7-6-8-13-18;1-16-13(18)12-7-9(4-5-17-12)19-8-2-3-11(15)10(14)6-8/h7-17H,6H2,1-5H3,(H,32,38)(H2,34,35,40);6-15H,5H2,1-4H3,(H,24,28);2-7H,15H2,1H3,(H,16,18). The summed E-state index contributed by atoms with van der Waals surface area (Å²) in [5.41, 5.74) is 9.82. The maximum atomic E-state index is 13.1. The fourth-order valence-corrected chi connectivity index (χ4v) is 8.37. The number of ether oxygens (including phenoxy) is 5. The molecule has 23 nitrogen and oxygen atoms in total. The monoisotopic (exact) mass is 1270 g/mol. The SMILES string of the molecule is CCOC(=O)c1cccc(-n2nc(C(C)(C)C)cc2NC(=O)Nc2ccc(Oc3ccnc(C(=O)NC)c3)cc2Cl)c1.CCOC(=O)c1cccc(-n2nc(C(C)(C)C)cc2NC(=O)Oc2ccccc2)c1.CNC(=O)c1cc(Oc2ccc(N)c(Cl)c2)ccn1. The molecule has 0 spiro atoms. The Labute approximate surface area is 535 Å². The number of pyridine rings is 2. The van der Waals surface area contributed by atoms with Crippen LogP contribution in [-0.4, -0.2) is 92.7 Å². The maximum absolute atomic E-state index is 13.1. The Bertz CT molecular complexity index is 4070. The number of nitrogens with zero attached hydrogens (tertiary/aromatic N) is 6. The largest absolute Gasteiger partial charge is 0.462 e. The van der Waals surface area contributed by atoms with Crippen LogP contribution in [0.3, 0.4) is 0 Å². The highest BCUT2D eigenvalue weighted by Gasteiger charge is 2.25. The van der Waals surface area contributed by atoms with Crippen molar-refractivity contribution in [3.63, 3.8) is 0 Å². The lowest BCUT2D eigenvalue weighted by atomic mass is 9.92. The van der Waals surface area contributed by atoms with E-state index < -0.39 is 24.1 Å². The number of halogens is 2. The number of amides is 5. The predicted octanol–water partition coefficient (Wildman–Crippen LogP) is 13.6. The van der Waals surface area contributed by atoms with Gasteiger partial charge in [0.05, 0.1) is 68.5 Å². The summed E-state index contributed by atoms with van der Waals surface area (Å²) < 4.78 is 30.1. The highest BCUT2D eigenvalue weighted by atomic mass is 35.5. The van der Waals surface area contributed by atoms with E-state index in [0.717, 1.165) is 11.4 Å². The highest BCUT2D eigenvalue weighted by Crippen LogP contribution is 2.33. The molecule has 472 valence electrons. The molecular formula is C66H68Cl2N12O11. The first-order chi connectivity index (χ1) is 43.3. The van der Waals surface area contributed by atoms with E-state index in [1.165, 1.54) is 32.6 Å². The Balaban J connectivity index is 0.000000209. The fourth-order valence-electron chi connectivity index (χ4n) is 7.98. The van der Waals surface area contributed by atoms with Crippen molar-refractivity contribution >= 4 is 82.1 Å². The van der Waals surface area contributed by atoms with Crippen LogP contribution in [0.2, 0.25) is 10.0 Å². The lowest BCUT2D eigenvalue weighted by Crippen LogP contribution is -2.21. The van der Waals surface area contributed by atoms with E-state index in [1.807, 2.05) is 47.6 Å². The summed E-state index contributed by atoms with van der Waals surface area (Å²) in [6, 6.07) is 41.5. The smallest absolute Gasteiger partial charge is 0.418 e. The van der Waals surface area contributed by atoms with Gasteiger partial charge in [0.2, 0.25) is 0 Å². The number of esters is 2. The van der Waals surface area contributed by atoms with E-state index in [-0.39, 0.29) is 52.3 Å². The van der Waals surface area contributed by atoms with Crippen LogP contribution in [0, 0.1) is 0 Å². The molecule has 5 aromatic carbocycles. The Hall–Kier alpha value is -10.8. The van der Waals surface area contributed by atoms with Crippen LogP contribution in [-0.2, 0) is 20.3 Å². The van der Waals surface area contributed by atoms with Crippen LogP contribution in [0.15, 0.2) is 164 Å². The number of hydrogen-bond donors (Lipinski definition) is 6. The molecule has 0 atom stereocenters. The zero-order valence-corrected chi connectivity index (χ0v) is 53.0. The van der Waals surface area contributed by atoms with Gasteiger partial charge in [-0.15, -0.1) is 0 Å². The van der Waals surface area contributed by atoms with Crippen LogP contribution in [0.5, 0.6) is 28.7 Å². The van der Waals surface area contributed by atoms with Gasteiger partial charge in [-0.2, -0.15) is 10.2 Å². The molecule has 0 unspecified atom stereocenters. The molecule has 0 saturated carbocycles. The predicted molar refractivity (Wildman–Crippen MR) is 348 cm³/mol. The minimum Gasteiger partial charge on any atom is -0.462 e. The number of nitrogens with one attached hydrogen (secondary N) is 5. The molecule has 4 aromatic heterocycles. The minimum atomic E-state index is -0.635. The molecule has 0 saturated heterocycles. The Kier molecular flexibility index (Phi) is 23.0. The van der Waals surface area contributed by atoms with Gasteiger partial charge in [-0.25, -0.2) is 28.5 Å². The normalized spacial score (nSPS) is 10.8. The molecule has 9 rings (SSSR count). The van der Waals surface area contributed by atoms with E-state index in [2.05, 4.69) is 41.7 Å². The average Bonchev–Trinajstić information content (AvgIpc) is 1.82. The fraction of sp³-hybridized carbons (Fsp3) is 0.212. The van der Waals surface area contributed by atoms with Crippen LogP contribution in [0.1, 0.15) is 108 Å². The number of anilines is 4. The summed E-state index contributed by atoms with van der Waals surface area (Å²) >= 11 is 12.4. The van der Waals surface area contributed by atoms with Crippen molar-refractivity contribution in [1.29, 1.82) is 0 Å². The van der Waals surface area contributed by atoms with Crippen molar-refractivity contribution in [2.75, 3.05) is 49.0 Å². The van der Waals surface area contributed by atoms with Gasteiger partial charge in [0.25, 0.3) is 11.8 Å². The van der Waals surface area contributed by atoms with Crippen LogP contribution >= 0.6 is 23.2 Å². The van der Waals surface area contributed by atoms with Crippen molar-refractivity contribution < 1.29 is 52.5 Å². The quantitative estimate of drug-likeness (QED) is 0.0387. The van der Waals surface area contributed by atoms with E-state index in [1.54, 1.807) is 163 Å². The molecule has 0 aliphatic heterocycles. The number of benzene rings is 5. The second-order valence-electron chi connectivity index (χ2n) is 21.5.